The largest absolute Gasteiger partial charge is 0.396 e. The van der Waals surface area contributed by atoms with E-state index in [4.69, 9.17) is 5.11 Å². The fourth-order valence-electron chi connectivity index (χ4n) is 0.717. The van der Waals surface area contributed by atoms with Crippen molar-refractivity contribution < 1.29 is 5.11 Å². The molecule has 54 valence electrons. The molecular weight excluding hydrogens is 128 g/mol. The van der Waals surface area contributed by atoms with Crippen LogP contribution in [0.4, 0.5) is 0 Å². The first-order chi connectivity index (χ1) is 4.41. The molecule has 0 spiro atoms. The summed E-state index contributed by atoms with van der Waals surface area (Å²) < 4.78 is 0. The molecule has 0 aliphatic carbocycles. The van der Waals surface area contributed by atoms with Gasteiger partial charge in [-0.1, -0.05) is 18.2 Å². The topological polar surface area (TPSA) is 20.2 Å². The zero-order valence-electron chi connectivity index (χ0n) is 6.14. The Morgan fingerprint density at radius 1 is 1.56 bits per heavy atom. The third-order valence-electron chi connectivity index (χ3n) is 1.26. The number of allylic oxidation sites excluding steroid dienone is 2. The zero-order chi connectivity index (χ0) is 6.95. The van der Waals surface area contributed by atoms with Crippen molar-refractivity contribution >= 4 is 9.52 Å². The highest BCUT2D eigenvalue weighted by Gasteiger charge is 1.84. The average molecular weight is 144 g/mol. The van der Waals surface area contributed by atoms with Crippen LogP contribution in [0.5, 0.6) is 0 Å². The van der Waals surface area contributed by atoms with Gasteiger partial charge in [0.05, 0.1) is 0 Å². The lowest BCUT2D eigenvalue weighted by atomic mass is 10.5. The van der Waals surface area contributed by atoms with Gasteiger partial charge < -0.3 is 5.11 Å². The second-order valence-corrected chi connectivity index (χ2v) is 4.13. The molecule has 0 aromatic heterocycles. The van der Waals surface area contributed by atoms with Gasteiger partial charge in [0, 0.05) is 16.1 Å². The molecule has 0 bridgehead atoms. The molecule has 0 aliphatic heterocycles. The van der Waals surface area contributed by atoms with Crippen molar-refractivity contribution in [1.29, 1.82) is 0 Å². The molecule has 0 rings (SSSR count). The molecule has 0 aromatic carbocycles. The summed E-state index contributed by atoms with van der Waals surface area (Å²) in [5, 5.41) is 8.43. The minimum absolute atomic E-state index is 0.143. The summed E-state index contributed by atoms with van der Waals surface area (Å²) in [7, 11) is 0.143. The quantitative estimate of drug-likeness (QED) is 0.346. The minimum atomic E-state index is 0.143. The molecule has 9 heavy (non-hydrogen) atoms. The van der Waals surface area contributed by atoms with Crippen molar-refractivity contribution in [2.24, 2.45) is 0 Å². The SMILES string of the molecule is CC=CC[SiH2]CCCO. The molecule has 0 saturated heterocycles. The molecule has 0 aromatic rings. The van der Waals surface area contributed by atoms with E-state index in [0.717, 1.165) is 6.42 Å². The van der Waals surface area contributed by atoms with Crippen LogP contribution in [-0.2, 0) is 0 Å². The molecule has 0 atom stereocenters. The number of hydrogen-bond acceptors (Lipinski definition) is 1. The summed E-state index contributed by atoms with van der Waals surface area (Å²) in [6.45, 7) is 2.43. The van der Waals surface area contributed by atoms with Crippen LogP contribution in [-0.4, -0.2) is 21.2 Å². The Bertz CT molecular complexity index is 71.3. The van der Waals surface area contributed by atoms with Crippen LogP contribution in [0.15, 0.2) is 12.2 Å². The van der Waals surface area contributed by atoms with Crippen molar-refractivity contribution in [3.63, 3.8) is 0 Å². The van der Waals surface area contributed by atoms with Gasteiger partial charge in [0.1, 0.15) is 0 Å². The summed E-state index contributed by atoms with van der Waals surface area (Å²) in [6.07, 6.45) is 5.35. The maximum Gasteiger partial charge on any atom is 0.0428 e. The maximum atomic E-state index is 8.43. The van der Waals surface area contributed by atoms with E-state index < -0.39 is 0 Å². The standard InChI is InChI=1S/C7H16OSi/c1-2-3-6-9-7-4-5-8/h2-3,8H,4-7,9H2,1H3. The minimum Gasteiger partial charge on any atom is -0.396 e. The fraction of sp³-hybridized carbons (Fsp3) is 0.714. The molecule has 0 heterocycles. The fourth-order valence-corrected chi connectivity index (χ4v) is 2.15. The monoisotopic (exact) mass is 144 g/mol. The average Bonchev–Trinajstić information content (AvgIpc) is 1.89. The second kappa shape index (κ2) is 7.92. The molecule has 0 amide bonds. The van der Waals surface area contributed by atoms with Gasteiger partial charge in [-0.25, -0.2) is 0 Å². The molecule has 0 unspecified atom stereocenters. The van der Waals surface area contributed by atoms with Gasteiger partial charge in [-0.2, -0.15) is 0 Å². The summed E-state index contributed by atoms with van der Waals surface area (Å²) in [6, 6.07) is 2.59. The summed E-state index contributed by atoms with van der Waals surface area (Å²) in [5.41, 5.74) is 0. The third kappa shape index (κ3) is 7.92. The van der Waals surface area contributed by atoms with E-state index in [-0.39, 0.29) is 9.52 Å². The van der Waals surface area contributed by atoms with Crippen LogP contribution in [0.25, 0.3) is 0 Å². The van der Waals surface area contributed by atoms with Gasteiger partial charge in [0.25, 0.3) is 0 Å². The van der Waals surface area contributed by atoms with Gasteiger partial charge in [-0.3, -0.25) is 0 Å². The highest BCUT2D eigenvalue weighted by Crippen LogP contribution is 1.91. The molecule has 1 nitrogen and oxygen atoms in total. The van der Waals surface area contributed by atoms with Crippen LogP contribution in [0.3, 0.4) is 0 Å². The first-order valence-electron chi connectivity index (χ1n) is 3.64. The molecule has 0 fully saturated rings. The zero-order valence-corrected chi connectivity index (χ0v) is 7.55. The van der Waals surface area contributed by atoms with Crippen molar-refractivity contribution in [1.82, 2.24) is 0 Å². The molecule has 0 radical (unpaired) electrons. The summed E-state index contributed by atoms with van der Waals surface area (Å²) >= 11 is 0. The van der Waals surface area contributed by atoms with Gasteiger partial charge >= 0.3 is 0 Å². The lowest BCUT2D eigenvalue weighted by molar-refractivity contribution is 0.295. The second-order valence-electron chi connectivity index (χ2n) is 2.14. The van der Waals surface area contributed by atoms with Crippen molar-refractivity contribution in [2.45, 2.75) is 25.4 Å². The first-order valence-corrected chi connectivity index (χ1v) is 5.64. The Balaban J connectivity index is 2.75. The van der Waals surface area contributed by atoms with Crippen molar-refractivity contribution in [3.05, 3.63) is 12.2 Å². The highest BCUT2D eigenvalue weighted by atomic mass is 28.2. The molecular formula is C7H16OSi. The van der Waals surface area contributed by atoms with Crippen LogP contribution < -0.4 is 0 Å². The lowest BCUT2D eigenvalue weighted by Crippen LogP contribution is -1.89. The highest BCUT2D eigenvalue weighted by molar-refractivity contribution is 6.36. The van der Waals surface area contributed by atoms with Gasteiger partial charge in [0.2, 0.25) is 0 Å². The van der Waals surface area contributed by atoms with E-state index in [0.29, 0.717) is 6.61 Å². The molecule has 1 N–H and O–H groups in total. The first kappa shape index (κ1) is 8.92. The van der Waals surface area contributed by atoms with Crippen molar-refractivity contribution in [3.8, 4) is 0 Å². The van der Waals surface area contributed by atoms with E-state index in [1.165, 1.54) is 12.1 Å². The molecule has 0 saturated carbocycles. The molecule has 2 heteroatoms. The van der Waals surface area contributed by atoms with Crippen LogP contribution in [0, 0.1) is 0 Å². The van der Waals surface area contributed by atoms with Crippen molar-refractivity contribution in [2.75, 3.05) is 6.61 Å². The van der Waals surface area contributed by atoms with E-state index in [2.05, 4.69) is 19.1 Å². The summed E-state index contributed by atoms with van der Waals surface area (Å²) in [4.78, 5) is 0. The lowest BCUT2D eigenvalue weighted by Gasteiger charge is -1.91. The van der Waals surface area contributed by atoms with E-state index >= 15 is 0 Å². The summed E-state index contributed by atoms with van der Waals surface area (Å²) in [5.74, 6) is 0. The van der Waals surface area contributed by atoms with Crippen LogP contribution in [0.2, 0.25) is 12.1 Å². The van der Waals surface area contributed by atoms with Gasteiger partial charge in [-0.15, -0.1) is 0 Å². The number of hydrogen-bond donors (Lipinski definition) is 1. The van der Waals surface area contributed by atoms with E-state index in [9.17, 15) is 0 Å². The predicted molar refractivity (Wildman–Crippen MR) is 44.7 cm³/mol. The smallest absolute Gasteiger partial charge is 0.0428 e. The normalized spacial score (nSPS) is 12.2. The number of aliphatic hydroxyl groups excluding tert-OH is 1. The number of aliphatic hydroxyl groups is 1. The van der Waals surface area contributed by atoms with Gasteiger partial charge in [0.15, 0.2) is 0 Å². The Morgan fingerprint density at radius 3 is 2.89 bits per heavy atom. The Kier molecular flexibility index (Phi) is 7.84. The predicted octanol–water partition coefficient (Wildman–Crippen LogP) is 0.950. The molecule has 0 aliphatic rings. The Morgan fingerprint density at radius 2 is 2.33 bits per heavy atom. The Labute approximate surface area is 59.6 Å². The maximum absolute atomic E-state index is 8.43. The van der Waals surface area contributed by atoms with E-state index in [1.54, 1.807) is 0 Å². The van der Waals surface area contributed by atoms with Crippen LogP contribution in [0.1, 0.15) is 13.3 Å². The number of rotatable bonds is 5. The van der Waals surface area contributed by atoms with Gasteiger partial charge in [-0.05, 0) is 19.4 Å². The third-order valence-corrected chi connectivity index (χ3v) is 3.01. The Hall–Kier alpha value is -0.0831. The van der Waals surface area contributed by atoms with E-state index in [1.807, 2.05) is 0 Å². The van der Waals surface area contributed by atoms with Crippen LogP contribution >= 0.6 is 0 Å².